The molecule has 0 saturated carbocycles. The number of likely N-dealkylation sites (N-methyl/N-ethyl adjacent to an activating group) is 1. The van der Waals surface area contributed by atoms with Crippen molar-refractivity contribution in [2.75, 3.05) is 12.4 Å². The van der Waals surface area contributed by atoms with E-state index in [1.807, 2.05) is 38.1 Å². The molecule has 0 unspecified atom stereocenters. The van der Waals surface area contributed by atoms with Gasteiger partial charge in [-0.1, -0.05) is 60.7 Å². The molecule has 1 aliphatic heterocycles. The van der Waals surface area contributed by atoms with Crippen LogP contribution in [0.25, 0.3) is 0 Å². The van der Waals surface area contributed by atoms with E-state index in [2.05, 4.69) is 5.32 Å². The van der Waals surface area contributed by atoms with Crippen LogP contribution in [-0.4, -0.2) is 46.5 Å². The van der Waals surface area contributed by atoms with Crippen LogP contribution in [0.3, 0.4) is 0 Å². The van der Waals surface area contributed by atoms with Crippen molar-refractivity contribution < 1.29 is 19.2 Å². The second-order valence-electron chi connectivity index (χ2n) is 8.72. The number of fused-ring (bicyclic) bond motifs is 1. The molecule has 35 heavy (non-hydrogen) atoms. The van der Waals surface area contributed by atoms with Crippen LogP contribution in [0, 0.1) is 13.8 Å². The predicted octanol–water partition coefficient (Wildman–Crippen LogP) is 4.13. The van der Waals surface area contributed by atoms with Gasteiger partial charge in [-0.15, -0.1) is 0 Å². The van der Waals surface area contributed by atoms with Crippen molar-refractivity contribution >= 4 is 29.3 Å². The smallest absolute Gasteiger partial charge is 0.262 e. The fourth-order valence-electron chi connectivity index (χ4n) is 4.48. The van der Waals surface area contributed by atoms with E-state index in [0.717, 1.165) is 16.0 Å². The molecule has 4 amide bonds. The van der Waals surface area contributed by atoms with Gasteiger partial charge in [0, 0.05) is 12.7 Å². The van der Waals surface area contributed by atoms with Crippen molar-refractivity contribution in [3.8, 4) is 0 Å². The topological polar surface area (TPSA) is 86.8 Å². The first-order valence-electron chi connectivity index (χ1n) is 11.4. The Balaban J connectivity index is 1.64. The van der Waals surface area contributed by atoms with Crippen molar-refractivity contribution in [2.24, 2.45) is 0 Å². The Morgan fingerprint density at radius 2 is 1.31 bits per heavy atom. The largest absolute Gasteiger partial charge is 0.328 e. The van der Waals surface area contributed by atoms with Gasteiger partial charge in [-0.3, -0.25) is 24.1 Å². The number of nitrogens with zero attached hydrogens (tertiary/aromatic N) is 2. The van der Waals surface area contributed by atoms with Gasteiger partial charge in [0.2, 0.25) is 5.91 Å². The molecule has 7 heteroatoms. The third-order valence-electron chi connectivity index (χ3n) is 6.40. The summed E-state index contributed by atoms with van der Waals surface area (Å²) in [5.74, 6) is -1.95. The fourth-order valence-corrected chi connectivity index (χ4v) is 4.48. The second kappa shape index (κ2) is 9.54. The molecule has 0 aromatic heterocycles. The Bertz CT molecular complexity index is 1260. The molecular weight excluding hydrogens is 442 g/mol. The van der Waals surface area contributed by atoms with E-state index in [4.69, 9.17) is 0 Å². The number of amides is 4. The number of hydrogen-bond donors (Lipinski definition) is 1. The third-order valence-corrected chi connectivity index (χ3v) is 6.40. The van der Waals surface area contributed by atoms with E-state index in [1.165, 1.54) is 18.9 Å². The van der Waals surface area contributed by atoms with E-state index < -0.39 is 29.8 Å². The third kappa shape index (κ3) is 4.33. The normalized spacial score (nSPS) is 14.3. The standard InChI is InChI=1S/C28H27N3O4/c1-17-11-10-12-18(2)23(17)29-25(32)24(20-13-6-5-7-14-20)30(4)26(33)19(3)31-27(34)21-15-8-9-16-22(21)28(31)35/h5-16,19,24H,1-4H3,(H,29,32)/t19-,24+/m1/s1. The van der Waals surface area contributed by atoms with Crippen molar-refractivity contribution in [2.45, 2.75) is 32.9 Å². The van der Waals surface area contributed by atoms with Crippen molar-refractivity contribution in [3.05, 3.63) is 101 Å². The molecule has 0 bridgehead atoms. The lowest BCUT2D eigenvalue weighted by molar-refractivity contribution is -0.140. The molecule has 3 aromatic rings. The van der Waals surface area contributed by atoms with Crippen molar-refractivity contribution in [1.29, 1.82) is 0 Å². The van der Waals surface area contributed by atoms with Gasteiger partial charge in [0.05, 0.1) is 11.1 Å². The van der Waals surface area contributed by atoms with Gasteiger partial charge in [0.1, 0.15) is 12.1 Å². The Kier molecular flexibility index (Phi) is 6.51. The number of hydrogen-bond acceptors (Lipinski definition) is 4. The van der Waals surface area contributed by atoms with Crippen molar-refractivity contribution in [3.63, 3.8) is 0 Å². The molecule has 0 radical (unpaired) electrons. The highest BCUT2D eigenvalue weighted by Crippen LogP contribution is 2.29. The highest BCUT2D eigenvalue weighted by molar-refractivity contribution is 6.22. The summed E-state index contributed by atoms with van der Waals surface area (Å²) in [6, 6.07) is 19.1. The van der Waals surface area contributed by atoms with E-state index in [0.29, 0.717) is 11.3 Å². The maximum absolute atomic E-state index is 13.6. The fraction of sp³-hybridized carbons (Fsp3) is 0.214. The molecule has 178 valence electrons. The molecule has 1 N–H and O–H groups in total. The number of imide groups is 1. The monoisotopic (exact) mass is 469 g/mol. The van der Waals surface area contributed by atoms with Gasteiger partial charge < -0.3 is 10.2 Å². The second-order valence-corrected chi connectivity index (χ2v) is 8.72. The maximum atomic E-state index is 13.6. The molecule has 3 aromatic carbocycles. The lowest BCUT2D eigenvalue weighted by atomic mass is 10.0. The Morgan fingerprint density at radius 1 is 0.800 bits per heavy atom. The first-order valence-corrected chi connectivity index (χ1v) is 11.4. The minimum absolute atomic E-state index is 0.271. The summed E-state index contributed by atoms with van der Waals surface area (Å²) in [5, 5.41) is 2.97. The van der Waals surface area contributed by atoms with Gasteiger partial charge in [-0.25, -0.2) is 0 Å². The molecule has 0 aliphatic carbocycles. The summed E-state index contributed by atoms with van der Waals surface area (Å²) in [6.45, 7) is 5.31. The number of anilines is 1. The Morgan fingerprint density at radius 3 is 1.86 bits per heavy atom. The minimum atomic E-state index is -1.09. The first-order chi connectivity index (χ1) is 16.7. The molecule has 0 fully saturated rings. The zero-order chi connectivity index (χ0) is 25.3. The molecule has 1 aliphatic rings. The van der Waals surface area contributed by atoms with Crippen LogP contribution in [0.5, 0.6) is 0 Å². The predicted molar refractivity (Wildman–Crippen MR) is 133 cm³/mol. The molecule has 7 nitrogen and oxygen atoms in total. The summed E-state index contributed by atoms with van der Waals surface area (Å²) in [7, 11) is 1.51. The maximum Gasteiger partial charge on any atom is 0.262 e. The summed E-state index contributed by atoms with van der Waals surface area (Å²) in [4.78, 5) is 55.2. The van der Waals surface area contributed by atoms with Crippen LogP contribution in [0.1, 0.15) is 50.4 Å². The zero-order valence-corrected chi connectivity index (χ0v) is 20.1. The average molecular weight is 470 g/mol. The summed E-state index contributed by atoms with van der Waals surface area (Å²) in [5.41, 5.74) is 3.64. The Labute approximate surface area is 204 Å². The quantitative estimate of drug-likeness (QED) is 0.550. The van der Waals surface area contributed by atoms with Crippen LogP contribution < -0.4 is 5.32 Å². The first kappa shape index (κ1) is 23.9. The average Bonchev–Trinajstić information content (AvgIpc) is 3.11. The number of rotatable bonds is 6. The molecule has 0 saturated heterocycles. The number of para-hydroxylation sites is 1. The zero-order valence-electron chi connectivity index (χ0n) is 20.1. The van der Waals surface area contributed by atoms with Gasteiger partial charge in [-0.2, -0.15) is 0 Å². The number of benzene rings is 3. The number of aryl methyl sites for hydroxylation is 2. The minimum Gasteiger partial charge on any atom is -0.328 e. The van der Waals surface area contributed by atoms with Gasteiger partial charge >= 0.3 is 0 Å². The number of nitrogens with one attached hydrogen (secondary N) is 1. The highest BCUT2D eigenvalue weighted by atomic mass is 16.2. The summed E-state index contributed by atoms with van der Waals surface area (Å²) >= 11 is 0. The van der Waals surface area contributed by atoms with Crippen LogP contribution in [0.4, 0.5) is 5.69 Å². The molecular formula is C28H27N3O4. The lowest BCUT2D eigenvalue weighted by Gasteiger charge is -2.32. The van der Waals surface area contributed by atoms with E-state index in [-0.39, 0.29) is 17.0 Å². The molecule has 2 atom stereocenters. The van der Waals surface area contributed by atoms with Crippen LogP contribution >= 0.6 is 0 Å². The molecule has 4 rings (SSSR count). The number of carbonyl (C=O) groups is 4. The highest BCUT2D eigenvalue weighted by Gasteiger charge is 2.43. The SMILES string of the molecule is Cc1cccc(C)c1NC(=O)[C@H](c1ccccc1)N(C)C(=O)[C@@H](C)N1C(=O)c2ccccc2C1=O. The van der Waals surface area contributed by atoms with Gasteiger partial charge in [0.15, 0.2) is 0 Å². The van der Waals surface area contributed by atoms with E-state index >= 15 is 0 Å². The summed E-state index contributed by atoms with van der Waals surface area (Å²) < 4.78 is 0. The van der Waals surface area contributed by atoms with Crippen LogP contribution in [0.2, 0.25) is 0 Å². The van der Waals surface area contributed by atoms with Crippen molar-refractivity contribution in [1.82, 2.24) is 9.80 Å². The lowest BCUT2D eigenvalue weighted by Crippen LogP contribution is -2.50. The van der Waals surface area contributed by atoms with E-state index in [1.54, 1.807) is 48.5 Å². The van der Waals surface area contributed by atoms with E-state index in [9.17, 15) is 19.2 Å². The number of carbonyl (C=O) groups excluding carboxylic acids is 4. The van der Waals surface area contributed by atoms with Gasteiger partial charge in [0.25, 0.3) is 17.7 Å². The van der Waals surface area contributed by atoms with Gasteiger partial charge in [-0.05, 0) is 49.6 Å². The molecule has 1 heterocycles. The summed E-state index contributed by atoms with van der Waals surface area (Å²) in [6.07, 6.45) is 0. The molecule has 0 spiro atoms. The van der Waals surface area contributed by atoms with Crippen LogP contribution in [0.15, 0.2) is 72.8 Å². The van der Waals surface area contributed by atoms with Crippen LogP contribution in [-0.2, 0) is 9.59 Å². The Hall–Kier alpha value is -4.26.